The Morgan fingerprint density at radius 2 is 1.72 bits per heavy atom. The lowest BCUT2D eigenvalue weighted by atomic mass is 10.2. The summed E-state index contributed by atoms with van der Waals surface area (Å²) < 4.78 is 27.2. The molecule has 1 aliphatic heterocycles. The summed E-state index contributed by atoms with van der Waals surface area (Å²) >= 11 is 0. The molecule has 0 spiro atoms. The van der Waals surface area contributed by atoms with Crippen LogP contribution in [0.25, 0.3) is 0 Å². The van der Waals surface area contributed by atoms with E-state index in [1.165, 1.54) is 10.4 Å². The summed E-state index contributed by atoms with van der Waals surface area (Å²) in [5, 5.41) is 2.84. The fourth-order valence-electron chi connectivity index (χ4n) is 3.49. The highest BCUT2D eigenvalue weighted by atomic mass is 32.2. The topological polar surface area (TPSA) is 90.0 Å². The van der Waals surface area contributed by atoms with Gasteiger partial charge in [0, 0.05) is 51.9 Å². The highest BCUT2D eigenvalue weighted by Gasteiger charge is 2.27. The summed E-state index contributed by atoms with van der Waals surface area (Å²) in [6.45, 7) is 12.0. The van der Waals surface area contributed by atoms with Gasteiger partial charge >= 0.3 is 0 Å². The predicted molar refractivity (Wildman–Crippen MR) is 113 cm³/mol. The Balaban J connectivity index is 2.12. The van der Waals surface area contributed by atoms with Crippen LogP contribution < -0.4 is 5.32 Å². The molecule has 2 amide bonds. The van der Waals surface area contributed by atoms with E-state index in [1.54, 1.807) is 44.7 Å². The molecule has 162 valence electrons. The van der Waals surface area contributed by atoms with Gasteiger partial charge in [-0.15, -0.1) is 0 Å². The van der Waals surface area contributed by atoms with Crippen LogP contribution in [0.5, 0.6) is 0 Å². The van der Waals surface area contributed by atoms with Crippen molar-refractivity contribution in [2.24, 2.45) is 0 Å². The van der Waals surface area contributed by atoms with Crippen LogP contribution in [0.1, 0.15) is 33.3 Å². The highest BCUT2D eigenvalue weighted by molar-refractivity contribution is 7.89. The third-order valence-corrected chi connectivity index (χ3v) is 7.66. The Labute approximate surface area is 173 Å². The molecule has 0 unspecified atom stereocenters. The number of anilines is 1. The third-order valence-electron chi connectivity index (χ3n) is 5.47. The summed E-state index contributed by atoms with van der Waals surface area (Å²) in [6, 6.07) is 4.58. The zero-order chi connectivity index (χ0) is 21.8. The van der Waals surface area contributed by atoms with Crippen molar-refractivity contribution in [1.82, 2.24) is 14.1 Å². The van der Waals surface area contributed by atoms with Gasteiger partial charge in [0.15, 0.2) is 0 Å². The molecule has 1 N–H and O–H groups in total. The van der Waals surface area contributed by atoms with Crippen LogP contribution in [0.3, 0.4) is 0 Å². The maximum Gasteiger partial charge on any atom is 0.243 e. The fraction of sp³-hybridized carbons (Fsp3) is 0.600. The van der Waals surface area contributed by atoms with Gasteiger partial charge < -0.3 is 10.2 Å². The minimum Gasteiger partial charge on any atom is -0.340 e. The van der Waals surface area contributed by atoms with Crippen LogP contribution in [0.2, 0.25) is 0 Å². The lowest BCUT2D eigenvalue weighted by Crippen LogP contribution is -2.53. The Morgan fingerprint density at radius 1 is 1.14 bits per heavy atom. The van der Waals surface area contributed by atoms with Crippen LogP contribution in [-0.4, -0.2) is 79.6 Å². The molecule has 9 heteroatoms. The molecule has 0 aromatic heterocycles. The number of carbonyl (C=O) groups is 2. The van der Waals surface area contributed by atoms with Gasteiger partial charge in [0.25, 0.3) is 0 Å². The summed E-state index contributed by atoms with van der Waals surface area (Å²) in [5.74, 6) is -0.153. The van der Waals surface area contributed by atoms with Crippen molar-refractivity contribution in [2.45, 2.75) is 45.6 Å². The van der Waals surface area contributed by atoms with Crippen LogP contribution in [-0.2, 0) is 19.6 Å². The summed E-state index contributed by atoms with van der Waals surface area (Å²) in [7, 11) is -3.61. The van der Waals surface area contributed by atoms with E-state index in [0.717, 1.165) is 0 Å². The smallest absolute Gasteiger partial charge is 0.243 e. The average Bonchev–Trinajstić information content (AvgIpc) is 2.69. The Morgan fingerprint density at radius 3 is 2.24 bits per heavy atom. The molecule has 0 saturated carbocycles. The second-order valence-electron chi connectivity index (χ2n) is 7.28. The van der Waals surface area contributed by atoms with Crippen molar-refractivity contribution in [3.05, 3.63) is 23.8 Å². The number of aryl methyl sites for hydroxylation is 1. The molecule has 1 fully saturated rings. The lowest BCUT2D eigenvalue weighted by molar-refractivity contribution is -0.131. The van der Waals surface area contributed by atoms with Crippen LogP contribution >= 0.6 is 0 Å². The Bertz CT molecular complexity index is 844. The van der Waals surface area contributed by atoms with E-state index in [0.29, 0.717) is 50.5 Å². The molecule has 8 nitrogen and oxygen atoms in total. The second kappa shape index (κ2) is 9.69. The number of nitrogens with one attached hydrogen (secondary N) is 1. The van der Waals surface area contributed by atoms with Crippen molar-refractivity contribution in [1.29, 1.82) is 0 Å². The van der Waals surface area contributed by atoms with Crippen molar-refractivity contribution in [2.75, 3.05) is 44.6 Å². The minimum absolute atomic E-state index is 0.0448. The normalized spacial score (nSPS) is 16.7. The predicted octanol–water partition coefficient (Wildman–Crippen LogP) is 1.52. The third kappa shape index (κ3) is 5.34. The Hall–Kier alpha value is -1.97. The summed E-state index contributed by atoms with van der Waals surface area (Å²) in [5.41, 5.74) is 1.10. The van der Waals surface area contributed by atoms with E-state index >= 15 is 0 Å². The summed E-state index contributed by atoms with van der Waals surface area (Å²) in [4.78, 5) is 28.2. The van der Waals surface area contributed by atoms with E-state index in [9.17, 15) is 18.0 Å². The molecule has 1 aromatic rings. The largest absolute Gasteiger partial charge is 0.340 e. The molecule has 1 aromatic carbocycles. The van der Waals surface area contributed by atoms with E-state index in [2.05, 4.69) is 5.32 Å². The minimum atomic E-state index is -3.61. The number of amides is 2. The van der Waals surface area contributed by atoms with Crippen LogP contribution in [0, 0.1) is 6.92 Å². The first kappa shape index (κ1) is 23.3. The van der Waals surface area contributed by atoms with Crippen LogP contribution in [0.15, 0.2) is 23.1 Å². The van der Waals surface area contributed by atoms with Gasteiger partial charge in [-0.1, -0.05) is 19.9 Å². The van der Waals surface area contributed by atoms with Gasteiger partial charge in [-0.25, -0.2) is 8.42 Å². The number of nitrogens with zero attached hydrogens (tertiary/aromatic N) is 3. The molecule has 0 bridgehead atoms. The maximum atomic E-state index is 12.9. The number of rotatable bonds is 7. The molecule has 1 atom stereocenters. The molecule has 1 aliphatic rings. The van der Waals surface area contributed by atoms with E-state index in [-0.39, 0.29) is 22.8 Å². The number of hydrogen-bond acceptors (Lipinski definition) is 5. The van der Waals surface area contributed by atoms with E-state index in [1.807, 2.05) is 11.8 Å². The SMILES string of the molecule is CCN(CC)S(=O)(=O)c1cc(NC(=O)[C@H](C)N2CCN(C(C)=O)CC2)ccc1C. The first-order valence-corrected chi connectivity index (χ1v) is 11.5. The zero-order valence-corrected chi connectivity index (χ0v) is 18.8. The van der Waals surface area contributed by atoms with Crippen molar-refractivity contribution >= 4 is 27.5 Å². The second-order valence-corrected chi connectivity index (χ2v) is 9.18. The van der Waals surface area contributed by atoms with Gasteiger partial charge in [-0.3, -0.25) is 14.5 Å². The van der Waals surface area contributed by atoms with Crippen molar-refractivity contribution < 1.29 is 18.0 Å². The summed E-state index contributed by atoms with van der Waals surface area (Å²) in [6.07, 6.45) is 0. The first-order chi connectivity index (χ1) is 13.6. The fourth-order valence-corrected chi connectivity index (χ4v) is 5.20. The standard InChI is InChI=1S/C20H32N4O4S/c1-6-24(7-2)29(27,28)19-14-18(9-8-15(19)3)21-20(26)16(4)22-10-12-23(13-11-22)17(5)25/h8-9,14,16H,6-7,10-13H2,1-5H3,(H,21,26)/t16-/m0/s1. The van der Waals surface area contributed by atoms with Gasteiger partial charge in [0.05, 0.1) is 10.9 Å². The van der Waals surface area contributed by atoms with E-state index in [4.69, 9.17) is 0 Å². The number of sulfonamides is 1. The van der Waals surface area contributed by atoms with Gasteiger partial charge in [0.2, 0.25) is 21.8 Å². The molecular weight excluding hydrogens is 392 g/mol. The van der Waals surface area contributed by atoms with Gasteiger partial charge in [-0.05, 0) is 31.5 Å². The Kier molecular flexibility index (Phi) is 7.79. The quantitative estimate of drug-likeness (QED) is 0.717. The van der Waals surface area contributed by atoms with Crippen molar-refractivity contribution in [3.8, 4) is 0 Å². The number of benzene rings is 1. The molecule has 1 heterocycles. The highest BCUT2D eigenvalue weighted by Crippen LogP contribution is 2.24. The molecule has 1 saturated heterocycles. The van der Waals surface area contributed by atoms with Crippen LogP contribution in [0.4, 0.5) is 5.69 Å². The zero-order valence-electron chi connectivity index (χ0n) is 17.9. The number of hydrogen-bond donors (Lipinski definition) is 1. The molecule has 2 rings (SSSR count). The van der Waals surface area contributed by atoms with E-state index < -0.39 is 10.0 Å². The number of piperazine rings is 1. The van der Waals surface area contributed by atoms with Gasteiger partial charge in [0.1, 0.15) is 0 Å². The van der Waals surface area contributed by atoms with Gasteiger partial charge in [-0.2, -0.15) is 4.31 Å². The number of carbonyl (C=O) groups excluding carboxylic acids is 2. The molecule has 0 aliphatic carbocycles. The van der Waals surface area contributed by atoms with Crippen molar-refractivity contribution in [3.63, 3.8) is 0 Å². The molecular formula is C20H32N4O4S. The molecule has 29 heavy (non-hydrogen) atoms. The molecule has 0 radical (unpaired) electrons. The maximum absolute atomic E-state index is 12.9. The first-order valence-electron chi connectivity index (χ1n) is 10.0. The monoisotopic (exact) mass is 424 g/mol. The lowest BCUT2D eigenvalue weighted by Gasteiger charge is -2.37. The average molecular weight is 425 g/mol.